The van der Waals surface area contributed by atoms with Crippen molar-refractivity contribution in [2.45, 2.75) is 18.1 Å². The van der Waals surface area contributed by atoms with Crippen molar-refractivity contribution < 1.29 is 23.8 Å². The predicted octanol–water partition coefficient (Wildman–Crippen LogP) is 2.38. The van der Waals surface area contributed by atoms with Crippen molar-refractivity contribution in [3.63, 3.8) is 0 Å². The fraction of sp³-hybridized carbons (Fsp3) is 0.333. The van der Waals surface area contributed by atoms with Crippen LogP contribution >= 0.6 is 0 Å². The van der Waals surface area contributed by atoms with Crippen LogP contribution in [0.15, 0.2) is 60.7 Å². The Kier molecular flexibility index (Phi) is 4.08. The highest BCUT2D eigenvalue weighted by molar-refractivity contribution is 5.99. The summed E-state index contributed by atoms with van der Waals surface area (Å²) in [5.74, 6) is -0.00513. The van der Waals surface area contributed by atoms with Crippen LogP contribution in [0, 0.1) is 11.8 Å². The Morgan fingerprint density at radius 1 is 1.13 bits per heavy atom. The second-order valence-corrected chi connectivity index (χ2v) is 8.45. The Morgan fingerprint density at radius 2 is 1.97 bits per heavy atom. The third-order valence-corrected chi connectivity index (χ3v) is 6.63. The Bertz CT molecular complexity index is 1080. The number of hydrogen-bond acceptors (Lipinski definition) is 5. The fourth-order valence-electron chi connectivity index (χ4n) is 5.18. The highest BCUT2D eigenvalue weighted by atomic mass is 16.7. The van der Waals surface area contributed by atoms with Gasteiger partial charge >= 0.3 is 0 Å². The molecule has 1 N–H and O–H groups in total. The van der Waals surface area contributed by atoms with Crippen molar-refractivity contribution in [3.05, 3.63) is 66.2 Å². The van der Waals surface area contributed by atoms with E-state index >= 15 is 0 Å². The summed E-state index contributed by atoms with van der Waals surface area (Å²) in [6, 6.07) is 15.4. The number of nitrogens with zero attached hydrogens (tertiary/aromatic N) is 1. The van der Waals surface area contributed by atoms with Crippen LogP contribution < -0.4 is 14.8 Å². The highest BCUT2D eigenvalue weighted by Crippen LogP contribution is 2.52. The number of rotatable bonds is 5. The number of likely N-dealkylation sites (tertiary alicyclic amines) is 1. The zero-order valence-corrected chi connectivity index (χ0v) is 16.8. The van der Waals surface area contributed by atoms with Gasteiger partial charge in [0.05, 0.1) is 24.5 Å². The summed E-state index contributed by atoms with van der Waals surface area (Å²) in [5.41, 5.74) is 1.10. The molecule has 2 bridgehead atoms. The molecule has 4 heterocycles. The van der Waals surface area contributed by atoms with Gasteiger partial charge in [-0.3, -0.25) is 9.59 Å². The monoisotopic (exact) mass is 418 g/mol. The van der Waals surface area contributed by atoms with E-state index in [1.165, 1.54) is 5.56 Å². The lowest BCUT2D eigenvalue weighted by atomic mass is 9.77. The molecule has 4 aliphatic rings. The van der Waals surface area contributed by atoms with Gasteiger partial charge in [-0.05, 0) is 24.1 Å². The molecule has 0 aliphatic carbocycles. The largest absolute Gasteiger partial charge is 0.454 e. The Balaban J connectivity index is 1.19. The first-order valence-electron chi connectivity index (χ1n) is 10.5. The van der Waals surface area contributed by atoms with Gasteiger partial charge < -0.3 is 24.4 Å². The second-order valence-electron chi connectivity index (χ2n) is 8.45. The van der Waals surface area contributed by atoms with E-state index in [1.54, 1.807) is 18.2 Å². The number of amides is 2. The number of nitrogens with one attached hydrogen (secondary N) is 1. The summed E-state index contributed by atoms with van der Waals surface area (Å²) in [6.07, 6.45) is 4.30. The maximum atomic E-state index is 13.3. The van der Waals surface area contributed by atoms with E-state index < -0.39 is 17.4 Å². The van der Waals surface area contributed by atoms with E-state index in [0.29, 0.717) is 30.3 Å². The first-order valence-corrected chi connectivity index (χ1v) is 10.5. The molecule has 0 aromatic heterocycles. The minimum Gasteiger partial charge on any atom is -0.454 e. The van der Waals surface area contributed by atoms with Gasteiger partial charge in [0.1, 0.15) is 5.60 Å². The number of carbonyl (C=O) groups excluding carboxylic acids is 2. The standard InChI is InChI=1S/C24H22N2O5/c27-22(25-16-6-7-17-19(12-16)30-14-29-17)20-18-8-10-24(31-18)13-26(23(28)21(20)24)11-9-15-4-2-1-3-5-15/h1-8,10,12,18,20-21H,9,11,13-14H2,(H,25,27)/t18-,20-,21+,24-/m0/s1. The van der Waals surface area contributed by atoms with Gasteiger partial charge in [-0.25, -0.2) is 0 Å². The van der Waals surface area contributed by atoms with Gasteiger partial charge in [0.25, 0.3) is 0 Å². The van der Waals surface area contributed by atoms with Crippen molar-refractivity contribution in [2.75, 3.05) is 25.2 Å². The maximum Gasteiger partial charge on any atom is 0.231 e. The summed E-state index contributed by atoms with van der Waals surface area (Å²) in [5, 5.41) is 2.94. The normalized spacial score (nSPS) is 29.5. The highest BCUT2D eigenvalue weighted by Gasteiger charge is 2.66. The van der Waals surface area contributed by atoms with Crippen LogP contribution in [-0.2, 0) is 20.7 Å². The minimum atomic E-state index is -0.699. The molecule has 31 heavy (non-hydrogen) atoms. The fourth-order valence-corrected chi connectivity index (χ4v) is 5.18. The molecule has 6 rings (SSSR count). The molecule has 0 saturated carbocycles. The summed E-state index contributed by atoms with van der Waals surface area (Å²) >= 11 is 0. The van der Waals surface area contributed by atoms with E-state index in [-0.39, 0.29) is 24.7 Å². The van der Waals surface area contributed by atoms with Crippen LogP contribution in [0.1, 0.15) is 5.56 Å². The van der Waals surface area contributed by atoms with Crippen molar-refractivity contribution in [2.24, 2.45) is 11.8 Å². The van der Waals surface area contributed by atoms with E-state index in [9.17, 15) is 9.59 Å². The molecule has 1 spiro atoms. The third-order valence-electron chi connectivity index (χ3n) is 6.63. The average molecular weight is 418 g/mol. The summed E-state index contributed by atoms with van der Waals surface area (Å²) in [6.45, 7) is 1.28. The maximum absolute atomic E-state index is 13.3. The SMILES string of the molecule is O=C(Nc1ccc2c(c1)OCO2)[C@H]1[C@@H]2C=C[C@@]3(CN(CCc4ccccc4)C(=O)[C@@H]13)O2. The first kappa shape index (κ1) is 18.4. The topological polar surface area (TPSA) is 77.1 Å². The lowest BCUT2D eigenvalue weighted by molar-refractivity contribution is -0.135. The Labute approximate surface area is 179 Å². The number of carbonyl (C=O) groups is 2. The van der Waals surface area contributed by atoms with E-state index in [4.69, 9.17) is 14.2 Å². The number of fused-ring (bicyclic) bond motifs is 2. The smallest absolute Gasteiger partial charge is 0.231 e. The molecule has 4 atom stereocenters. The molecule has 7 nitrogen and oxygen atoms in total. The van der Waals surface area contributed by atoms with Gasteiger partial charge in [-0.2, -0.15) is 0 Å². The first-order chi connectivity index (χ1) is 15.1. The van der Waals surface area contributed by atoms with Crippen molar-refractivity contribution >= 4 is 17.5 Å². The Hall–Kier alpha value is -3.32. The molecular weight excluding hydrogens is 396 g/mol. The zero-order chi connectivity index (χ0) is 21.0. The minimum absolute atomic E-state index is 0.00591. The molecular formula is C24H22N2O5. The van der Waals surface area contributed by atoms with E-state index in [0.717, 1.165) is 6.42 Å². The number of hydrogen-bond donors (Lipinski definition) is 1. The zero-order valence-electron chi connectivity index (χ0n) is 16.8. The van der Waals surface area contributed by atoms with Gasteiger partial charge in [0.2, 0.25) is 18.6 Å². The van der Waals surface area contributed by atoms with Gasteiger partial charge in [0.15, 0.2) is 11.5 Å². The van der Waals surface area contributed by atoms with Gasteiger partial charge in [-0.15, -0.1) is 0 Å². The molecule has 2 aromatic carbocycles. The molecule has 2 amide bonds. The average Bonchev–Trinajstić information content (AvgIpc) is 3.53. The molecule has 0 radical (unpaired) electrons. The summed E-state index contributed by atoms with van der Waals surface area (Å²) in [7, 11) is 0. The van der Waals surface area contributed by atoms with Crippen LogP contribution in [-0.4, -0.2) is 48.3 Å². The molecule has 7 heteroatoms. The van der Waals surface area contributed by atoms with E-state index in [2.05, 4.69) is 17.4 Å². The van der Waals surface area contributed by atoms with E-state index in [1.807, 2.05) is 35.3 Å². The van der Waals surface area contributed by atoms with Crippen molar-refractivity contribution in [1.29, 1.82) is 0 Å². The van der Waals surface area contributed by atoms with Crippen molar-refractivity contribution in [1.82, 2.24) is 4.90 Å². The van der Waals surface area contributed by atoms with Crippen LogP contribution in [0.4, 0.5) is 5.69 Å². The molecule has 2 fully saturated rings. The van der Waals surface area contributed by atoms with Crippen LogP contribution in [0.2, 0.25) is 0 Å². The Morgan fingerprint density at radius 3 is 2.84 bits per heavy atom. The van der Waals surface area contributed by atoms with Crippen LogP contribution in [0.5, 0.6) is 11.5 Å². The van der Waals surface area contributed by atoms with Crippen molar-refractivity contribution in [3.8, 4) is 11.5 Å². The molecule has 0 unspecified atom stereocenters. The molecule has 2 aromatic rings. The number of benzene rings is 2. The van der Waals surface area contributed by atoms with Gasteiger partial charge in [-0.1, -0.05) is 42.5 Å². The lowest BCUT2D eigenvalue weighted by Crippen LogP contribution is -2.41. The second kappa shape index (κ2) is 6.85. The molecule has 2 saturated heterocycles. The molecule has 158 valence electrons. The van der Waals surface area contributed by atoms with Gasteiger partial charge in [0, 0.05) is 18.3 Å². The predicted molar refractivity (Wildman–Crippen MR) is 112 cm³/mol. The quantitative estimate of drug-likeness (QED) is 0.755. The van der Waals surface area contributed by atoms with Crippen LogP contribution in [0.25, 0.3) is 0 Å². The third kappa shape index (κ3) is 2.91. The van der Waals surface area contributed by atoms with Crippen LogP contribution in [0.3, 0.4) is 0 Å². The molecule has 4 aliphatic heterocycles. The summed E-state index contributed by atoms with van der Waals surface area (Å²) in [4.78, 5) is 28.4. The summed E-state index contributed by atoms with van der Waals surface area (Å²) < 4.78 is 16.9. The number of ether oxygens (including phenoxy) is 3. The lowest BCUT2D eigenvalue weighted by Gasteiger charge is -2.23. The number of anilines is 1.